The van der Waals surface area contributed by atoms with Gasteiger partial charge in [0.05, 0.1) is 17.1 Å². The van der Waals surface area contributed by atoms with Gasteiger partial charge in [-0.15, -0.1) is 11.3 Å². The van der Waals surface area contributed by atoms with Gasteiger partial charge in [0.25, 0.3) is 0 Å². The largest absolute Gasteiger partial charge is 0.507 e. The Bertz CT molecular complexity index is 1170. The zero-order valence-corrected chi connectivity index (χ0v) is 17.9. The average molecular weight is 416 g/mol. The number of para-hydroxylation sites is 1. The third-order valence-corrected chi connectivity index (χ3v) is 6.85. The van der Waals surface area contributed by atoms with Crippen molar-refractivity contribution in [1.82, 2.24) is 9.97 Å². The molecule has 1 unspecified atom stereocenters. The van der Waals surface area contributed by atoms with Crippen LogP contribution in [0.25, 0.3) is 22.3 Å². The molecule has 2 aromatic carbocycles. The van der Waals surface area contributed by atoms with Gasteiger partial charge in [-0.25, -0.2) is 9.97 Å². The number of thiophene rings is 1. The molecular formula is C25H25N3OS. The van der Waals surface area contributed by atoms with Crippen LogP contribution in [-0.4, -0.2) is 21.6 Å². The molecule has 0 saturated carbocycles. The minimum atomic E-state index is 0.209. The number of hydrogen-bond acceptors (Lipinski definition) is 5. The fourth-order valence-electron chi connectivity index (χ4n) is 4.36. The Balaban J connectivity index is 1.73. The number of fused-ring (bicyclic) bond motifs is 1. The zero-order valence-electron chi connectivity index (χ0n) is 17.1. The molecular weight excluding hydrogens is 390 g/mol. The lowest BCUT2D eigenvalue weighted by molar-refractivity contribution is 0.477. The molecule has 4 nitrogen and oxygen atoms in total. The molecule has 1 fully saturated rings. The molecule has 0 spiro atoms. The van der Waals surface area contributed by atoms with Crippen LogP contribution in [0.4, 0.5) is 5.82 Å². The molecule has 1 aliphatic rings. The van der Waals surface area contributed by atoms with Gasteiger partial charge in [0.15, 0.2) is 5.82 Å². The molecule has 1 N–H and O–H groups in total. The van der Waals surface area contributed by atoms with Crippen molar-refractivity contribution in [3.05, 3.63) is 70.4 Å². The summed E-state index contributed by atoms with van der Waals surface area (Å²) in [6.07, 6.45) is 4.76. The number of anilines is 1. The summed E-state index contributed by atoms with van der Waals surface area (Å²) in [5, 5.41) is 13.7. The van der Waals surface area contributed by atoms with Crippen molar-refractivity contribution < 1.29 is 5.11 Å². The lowest BCUT2D eigenvalue weighted by atomic mass is 10.1. The zero-order chi connectivity index (χ0) is 20.5. The maximum atomic E-state index is 10.4. The number of phenols is 1. The highest BCUT2D eigenvalue weighted by molar-refractivity contribution is 7.10. The molecule has 3 heterocycles. The van der Waals surface area contributed by atoms with Gasteiger partial charge >= 0.3 is 0 Å². The molecule has 4 aromatic rings. The van der Waals surface area contributed by atoms with E-state index in [1.54, 1.807) is 6.07 Å². The highest BCUT2D eigenvalue weighted by Crippen LogP contribution is 2.39. The Hall–Kier alpha value is -2.92. The molecule has 0 aliphatic carbocycles. The maximum Gasteiger partial charge on any atom is 0.165 e. The van der Waals surface area contributed by atoms with E-state index >= 15 is 0 Å². The van der Waals surface area contributed by atoms with Crippen LogP contribution in [-0.2, 0) is 0 Å². The number of rotatable bonds is 3. The van der Waals surface area contributed by atoms with Gasteiger partial charge < -0.3 is 10.0 Å². The molecule has 0 amide bonds. The Morgan fingerprint density at radius 2 is 1.90 bits per heavy atom. The Morgan fingerprint density at radius 1 is 1.00 bits per heavy atom. The quantitative estimate of drug-likeness (QED) is 0.415. The Labute approximate surface area is 180 Å². The number of benzene rings is 2. The summed E-state index contributed by atoms with van der Waals surface area (Å²) < 4.78 is 0. The van der Waals surface area contributed by atoms with Crippen LogP contribution in [0, 0.1) is 6.92 Å². The van der Waals surface area contributed by atoms with Gasteiger partial charge in [-0.3, -0.25) is 0 Å². The number of aromatic hydroxyl groups is 1. The number of nitrogens with zero attached hydrogens (tertiary/aromatic N) is 3. The van der Waals surface area contributed by atoms with E-state index in [1.165, 1.54) is 23.3 Å². The van der Waals surface area contributed by atoms with Crippen LogP contribution in [0.3, 0.4) is 0 Å². The van der Waals surface area contributed by atoms with Crippen LogP contribution in [0.2, 0.25) is 0 Å². The van der Waals surface area contributed by atoms with E-state index < -0.39 is 0 Å². The first-order chi connectivity index (χ1) is 14.7. The van der Waals surface area contributed by atoms with E-state index in [9.17, 15) is 5.11 Å². The van der Waals surface area contributed by atoms with Crippen LogP contribution in [0.1, 0.15) is 42.2 Å². The van der Waals surface area contributed by atoms with E-state index in [4.69, 9.17) is 9.97 Å². The minimum Gasteiger partial charge on any atom is -0.507 e. The molecule has 5 rings (SSSR count). The summed E-state index contributed by atoms with van der Waals surface area (Å²) >= 11 is 1.82. The van der Waals surface area contributed by atoms with Crippen molar-refractivity contribution >= 4 is 28.1 Å². The fourth-order valence-corrected chi connectivity index (χ4v) is 5.24. The summed E-state index contributed by atoms with van der Waals surface area (Å²) in [5.41, 5.74) is 2.76. The average Bonchev–Trinajstić information content (AvgIpc) is 3.17. The van der Waals surface area contributed by atoms with Gasteiger partial charge in [0.2, 0.25) is 0 Å². The van der Waals surface area contributed by atoms with Crippen molar-refractivity contribution in [1.29, 1.82) is 0 Å². The van der Waals surface area contributed by atoms with Gasteiger partial charge in [0, 0.05) is 16.8 Å². The normalized spacial score (nSPS) is 17.2. The number of aryl methyl sites for hydroxylation is 1. The Morgan fingerprint density at radius 3 is 2.73 bits per heavy atom. The van der Waals surface area contributed by atoms with Gasteiger partial charge in [-0.05, 0) is 61.0 Å². The summed E-state index contributed by atoms with van der Waals surface area (Å²) in [6.45, 7) is 3.06. The monoisotopic (exact) mass is 415 g/mol. The first kappa shape index (κ1) is 19.1. The molecule has 5 heteroatoms. The number of phenolic OH excluding ortho intramolecular Hbond substituents is 1. The van der Waals surface area contributed by atoms with E-state index in [0.717, 1.165) is 36.1 Å². The molecule has 152 valence electrons. The predicted octanol–water partition coefficient (Wildman–Crippen LogP) is 6.49. The summed E-state index contributed by atoms with van der Waals surface area (Å²) in [4.78, 5) is 13.7. The third-order valence-electron chi connectivity index (χ3n) is 5.87. The minimum absolute atomic E-state index is 0.209. The molecule has 30 heavy (non-hydrogen) atoms. The first-order valence-electron chi connectivity index (χ1n) is 10.6. The van der Waals surface area contributed by atoms with Crippen molar-refractivity contribution in [2.75, 3.05) is 11.4 Å². The lowest BCUT2D eigenvalue weighted by Crippen LogP contribution is -2.29. The number of hydrogen-bond donors (Lipinski definition) is 1. The topological polar surface area (TPSA) is 49.2 Å². The molecule has 1 atom stereocenters. The second-order valence-corrected chi connectivity index (χ2v) is 8.96. The molecule has 1 saturated heterocycles. The SMILES string of the molecule is Cc1ccc2c(N3CCCCCC3c3cccs3)nc(-c3ccccc3O)nc2c1. The molecule has 1 aliphatic heterocycles. The van der Waals surface area contributed by atoms with Crippen molar-refractivity contribution in [2.24, 2.45) is 0 Å². The van der Waals surface area contributed by atoms with Crippen LogP contribution >= 0.6 is 11.3 Å². The molecule has 2 aromatic heterocycles. The Kier molecular flexibility index (Phi) is 5.13. The molecule has 0 radical (unpaired) electrons. The van der Waals surface area contributed by atoms with E-state index in [1.807, 2.05) is 29.5 Å². The maximum absolute atomic E-state index is 10.4. The van der Waals surface area contributed by atoms with Gasteiger partial charge in [-0.2, -0.15) is 0 Å². The highest BCUT2D eigenvalue weighted by Gasteiger charge is 2.27. The summed E-state index contributed by atoms with van der Waals surface area (Å²) in [7, 11) is 0. The van der Waals surface area contributed by atoms with Gasteiger partial charge in [-0.1, -0.05) is 37.1 Å². The van der Waals surface area contributed by atoms with Crippen LogP contribution < -0.4 is 4.90 Å². The molecule has 0 bridgehead atoms. The van der Waals surface area contributed by atoms with Crippen molar-refractivity contribution in [3.63, 3.8) is 0 Å². The fraction of sp³-hybridized carbons (Fsp3) is 0.280. The smallest absolute Gasteiger partial charge is 0.165 e. The van der Waals surface area contributed by atoms with Crippen LogP contribution in [0.5, 0.6) is 5.75 Å². The third kappa shape index (κ3) is 3.54. The van der Waals surface area contributed by atoms with Gasteiger partial charge in [0.1, 0.15) is 11.6 Å². The van der Waals surface area contributed by atoms with E-state index in [-0.39, 0.29) is 5.75 Å². The van der Waals surface area contributed by atoms with E-state index in [0.29, 0.717) is 17.4 Å². The van der Waals surface area contributed by atoms with Crippen molar-refractivity contribution in [2.45, 2.75) is 38.6 Å². The first-order valence-corrected chi connectivity index (χ1v) is 11.5. The standard InChI is InChI=1S/C25H25N3OS/c1-17-12-13-18-20(16-17)26-24(19-8-4-5-10-22(19)29)27-25(18)28-14-6-2-3-9-21(28)23-11-7-15-30-23/h4-5,7-8,10-13,15-16,21,29H,2-3,6,9,14H2,1H3. The van der Waals surface area contributed by atoms with Crippen LogP contribution in [0.15, 0.2) is 60.0 Å². The predicted molar refractivity (Wildman–Crippen MR) is 124 cm³/mol. The summed E-state index contributed by atoms with van der Waals surface area (Å²) in [5.74, 6) is 1.76. The lowest BCUT2D eigenvalue weighted by Gasteiger charge is -2.31. The van der Waals surface area contributed by atoms with E-state index in [2.05, 4.69) is 47.5 Å². The van der Waals surface area contributed by atoms with Crippen molar-refractivity contribution in [3.8, 4) is 17.1 Å². The second kappa shape index (κ2) is 8.07. The number of aromatic nitrogens is 2. The summed E-state index contributed by atoms with van der Waals surface area (Å²) in [6, 6.07) is 18.4. The highest BCUT2D eigenvalue weighted by atomic mass is 32.1. The second-order valence-electron chi connectivity index (χ2n) is 7.98.